The molecule has 1 aromatic rings. The van der Waals surface area contributed by atoms with Crippen LogP contribution in [0.1, 0.15) is 25.3 Å². The van der Waals surface area contributed by atoms with Crippen molar-refractivity contribution in [2.75, 3.05) is 6.54 Å². The number of aromatic nitrogens is 2. The van der Waals surface area contributed by atoms with Gasteiger partial charge in [-0.3, -0.25) is 4.68 Å². The van der Waals surface area contributed by atoms with Gasteiger partial charge in [0.2, 0.25) is 0 Å². The third-order valence-electron chi connectivity index (χ3n) is 3.05. The van der Waals surface area contributed by atoms with Crippen LogP contribution in [0, 0.1) is 5.92 Å². The first kappa shape index (κ1) is 9.71. The lowest BCUT2D eigenvalue weighted by Gasteiger charge is -2.27. The molecule has 0 amide bonds. The van der Waals surface area contributed by atoms with E-state index in [-0.39, 0.29) is 0 Å². The molecule has 1 aliphatic heterocycles. The minimum Gasteiger partial charge on any atom is -0.314 e. The lowest BCUT2D eigenvalue weighted by molar-refractivity contribution is 0.322. The largest absolute Gasteiger partial charge is 0.314 e. The van der Waals surface area contributed by atoms with Crippen molar-refractivity contribution in [1.29, 1.82) is 0 Å². The first-order valence-corrected chi connectivity index (χ1v) is 5.45. The van der Waals surface area contributed by atoms with E-state index in [0.29, 0.717) is 6.04 Å². The minimum absolute atomic E-state index is 0.708. The molecule has 2 unspecified atom stereocenters. The van der Waals surface area contributed by atoms with Crippen LogP contribution in [-0.4, -0.2) is 22.4 Å². The predicted octanol–water partition coefficient (Wildman–Crippen LogP) is 1.35. The van der Waals surface area contributed by atoms with E-state index < -0.39 is 0 Å². The van der Waals surface area contributed by atoms with Gasteiger partial charge in [0.15, 0.2) is 0 Å². The van der Waals surface area contributed by atoms with Crippen LogP contribution in [0.2, 0.25) is 0 Å². The zero-order valence-electron chi connectivity index (χ0n) is 9.03. The highest BCUT2D eigenvalue weighted by Crippen LogP contribution is 2.18. The molecule has 0 aliphatic carbocycles. The van der Waals surface area contributed by atoms with Gasteiger partial charge in [-0.2, -0.15) is 5.10 Å². The molecule has 1 N–H and O–H groups in total. The van der Waals surface area contributed by atoms with Crippen LogP contribution in [0.5, 0.6) is 0 Å². The van der Waals surface area contributed by atoms with E-state index in [1.54, 1.807) is 0 Å². The van der Waals surface area contributed by atoms with Crippen LogP contribution in [0.25, 0.3) is 0 Å². The number of rotatable bonds is 2. The van der Waals surface area contributed by atoms with Crippen molar-refractivity contribution in [3.63, 3.8) is 0 Å². The van der Waals surface area contributed by atoms with Crippen molar-refractivity contribution in [1.82, 2.24) is 15.1 Å². The molecule has 2 heterocycles. The number of nitrogens with zero attached hydrogens (tertiary/aromatic N) is 2. The van der Waals surface area contributed by atoms with Gasteiger partial charge in [0.25, 0.3) is 0 Å². The molecule has 2 rings (SSSR count). The molecule has 14 heavy (non-hydrogen) atoms. The summed E-state index contributed by atoms with van der Waals surface area (Å²) in [6.07, 6.45) is 7.94. The lowest BCUT2D eigenvalue weighted by atomic mass is 9.91. The number of piperidine rings is 1. The van der Waals surface area contributed by atoms with Crippen molar-refractivity contribution < 1.29 is 0 Å². The SMILES string of the molecule is CC1CCC(Cc2cnn(C)c2)CN1. The Hall–Kier alpha value is -0.830. The average molecular weight is 193 g/mol. The predicted molar refractivity (Wildman–Crippen MR) is 57.1 cm³/mol. The molecular weight excluding hydrogens is 174 g/mol. The fourth-order valence-electron chi connectivity index (χ4n) is 2.14. The van der Waals surface area contributed by atoms with E-state index in [2.05, 4.69) is 23.5 Å². The minimum atomic E-state index is 0.708. The molecule has 0 spiro atoms. The molecule has 1 saturated heterocycles. The van der Waals surface area contributed by atoms with Crippen LogP contribution in [0.15, 0.2) is 12.4 Å². The highest BCUT2D eigenvalue weighted by atomic mass is 15.2. The zero-order chi connectivity index (χ0) is 9.97. The molecule has 3 nitrogen and oxygen atoms in total. The summed E-state index contributed by atoms with van der Waals surface area (Å²) >= 11 is 0. The molecule has 0 saturated carbocycles. The van der Waals surface area contributed by atoms with E-state index in [4.69, 9.17) is 0 Å². The number of aryl methyl sites for hydroxylation is 1. The van der Waals surface area contributed by atoms with Crippen LogP contribution < -0.4 is 5.32 Å². The van der Waals surface area contributed by atoms with Gasteiger partial charge in [0.05, 0.1) is 6.20 Å². The molecule has 78 valence electrons. The monoisotopic (exact) mass is 193 g/mol. The second kappa shape index (κ2) is 4.13. The summed E-state index contributed by atoms with van der Waals surface area (Å²) in [7, 11) is 1.98. The van der Waals surface area contributed by atoms with Gasteiger partial charge >= 0.3 is 0 Å². The molecule has 2 atom stereocenters. The summed E-state index contributed by atoms with van der Waals surface area (Å²) in [6.45, 7) is 3.43. The summed E-state index contributed by atoms with van der Waals surface area (Å²) < 4.78 is 1.88. The normalized spacial score (nSPS) is 27.9. The fourth-order valence-corrected chi connectivity index (χ4v) is 2.14. The summed E-state index contributed by atoms with van der Waals surface area (Å²) in [5.41, 5.74) is 1.37. The summed E-state index contributed by atoms with van der Waals surface area (Å²) in [6, 6.07) is 0.708. The number of hydrogen-bond donors (Lipinski definition) is 1. The summed E-state index contributed by atoms with van der Waals surface area (Å²) in [5, 5.41) is 7.73. The topological polar surface area (TPSA) is 29.9 Å². The second-order valence-electron chi connectivity index (χ2n) is 4.48. The van der Waals surface area contributed by atoms with Gasteiger partial charge in [0, 0.05) is 19.3 Å². The van der Waals surface area contributed by atoms with Crippen molar-refractivity contribution in [2.24, 2.45) is 13.0 Å². The molecule has 1 aliphatic rings. The van der Waals surface area contributed by atoms with Crippen LogP contribution in [0.3, 0.4) is 0 Å². The Kier molecular flexibility index (Phi) is 2.87. The van der Waals surface area contributed by atoms with E-state index >= 15 is 0 Å². The molecule has 3 heteroatoms. The summed E-state index contributed by atoms with van der Waals surface area (Å²) in [5.74, 6) is 0.801. The maximum absolute atomic E-state index is 4.19. The standard InChI is InChI=1S/C11H19N3/c1-9-3-4-10(6-12-9)5-11-7-13-14(2)8-11/h7-10,12H,3-6H2,1-2H3. The third-order valence-corrected chi connectivity index (χ3v) is 3.05. The summed E-state index contributed by atoms with van der Waals surface area (Å²) in [4.78, 5) is 0. The van der Waals surface area contributed by atoms with Crippen molar-refractivity contribution >= 4 is 0 Å². The van der Waals surface area contributed by atoms with Crippen molar-refractivity contribution in [2.45, 2.75) is 32.2 Å². The first-order valence-electron chi connectivity index (χ1n) is 5.45. The highest BCUT2D eigenvalue weighted by Gasteiger charge is 2.17. The van der Waals surface area contributed by atoms with Crippen molar-refractivity contribution in [3.05, 3.63) is 18.0 Å². The van der Waals surface area contributed by atoms with Crippen LogP contribution >= 0.6 is 0 Å². The van der Waals surface area contributed by atoms with E-state index in [9.17, 15) is 0 Å². The Morgan fingerprint density at radius 3 is 3.00 bits per heavy atom. The van der Waals surface area contributed by atoms with Gasteiger partial charge in [-0.1, -0.05) is 0 Å². The first-order chi connectivity index (χ1) is 6.74. The molecule has 0 bridgehead atoms. The third kappa shape index (κ3) is 2.35. The van der Waals surface area contributed by atoms with Crippen molar-refractivity contribution in [3.8, 4) is 0 Å². The maximum Gasteiger partial charge on any atom is 0.0521 e. The van der Waals surface area contributed by atoms with E-state index in [1.807, 2.05) is 17.9 Å². The average Bonchev–Trinajstić information content (AvgIpc) is 2.56. The Morgan fingerprint density at radius 2 is 2.43 bits per heavy atom. The molecule has 1 fully saturated rings. The highest BCUT2D eigenvalue weighted by molar-refractivity contribution is 5.05. The molecule has 0 aromatic carbocycles. The van der Waals surface area contributed by atoms with Gasteiger partial charge in [-0.25, -0.2) is 0 Å². The zero-order valence-corrected chi connectivity index (χ0v) is 9.03. The quantitative estimate of drug-likeness (QED) is 0.768. The van der Waals surface area contributed by atoms with E-state index in [0.717, 1.165) is 12.5 Å². The van der Waals surface area contributed by atoms with Gasteiger partial charge in [-0.15, -0.1) is 0 Å². The number of hydrogen-bond acceptors (Lipinski definition) is 2. The molecular formula is C11H19N3. The van der Waals surface area contributed by atoms with Gasteiger partial charge in [0.1, 0.15) is 0 Å². The lowest BCUT2D eigenvalue weighted by Crippen LogP contribution is -2.37. The Balaban J connectivity index is 1.86. The second-order valence-corrected chi connectivity index (χ2v) is 4.48. The fraction of sp³-hybridized carbons (Fsp3) is 0.727. The Morgan fingerprint density at radius 1 is 1.57 bits per heavy atom. The smallest absolute Gasteiger partial charge is 0.0521 e. The van der Waals surface area contributed by atoms with Gasteiger partial charge in [-0.05, 0) is 44.2 Å². The van der Waals surface area contributed by atoms with Gasteiger partial charge < -0.3 is 5.32 Å². The number of nitrogens with one attached hydrogen (secondary N) is 1. The molecule has 1 aromatic heterocycles. The van der Waals surface area contributed by atoms with Crippen LogP contribution in [-0.2, 0) is 13.5 Å². The maximum atomic E-state index is 4.19. The molecule has 0 radical (unpaired) electrons. The van der Waals surface area contributed by atoms with E-state index in [1.165, 1.54) is 24.8 Å². The Labute approximate surface area is 85.5 Å². The van der Waals surface area contributed by atoms with Crippen LogP contribution in [0.4, 0.5) is 0 Å². The Bertz CT molecular complexity index is 284.